The van der Waals surface area contributed by atoms with E-state index >= 15 is 0 Å². The van der Waals surface area contributed by atoms with Crippen LogP contribution in [0, 0.1) is 5.92 Å². The third kappa shape index (κ3) is 6.03. The van der Waals surface area contributed by atoms with Crippen LogP contribution in [-0.4, -0.2) is 36.2 Å². The first-order chi connectivity index (χ1) is 10.3. The molecule has 0 spiro atoms. The number of benzene rings is 1. The van der Waals surface area contributed by atoms with Gasteiger partial charge in [0.15, 0.2) is 0 Å². The van der Waals surface area contributed by atoms with Crippen LogP contribution in [0.3, 0.4) is 0 Å². The largest absolute Gasteiger partial charge is 0.467 e. The topological polar surface area (TPSA) is 75.6 Å². The molecule has 2 N–H and O–H groups in total. The van der Waals surface area contributed by atoms with Gasteiger partial charge in [-0.05, 0) is 30.0 Å². The number of aliphatic hydroxyl groups is 1. The molecular weight excluding hydrogens is 306 g/mol. The molecule has 6 heteroatoms. The molecule has 0 saturated heterocycles. The molecule has 0 heterocycles. The first kappa shape index (κ1) is 18.5. The van der Waals surface area contributed by atoms with E-state index in [9.17, 15) is 14.7 Å². The Kier molecular flexibility index (Phi) is 7.35. The van der Waals surface area contributed by atoms with Gasteiger partial charge < -0.3 is 15.2 Å². The Hall–Kier alpha value is -1.59. The molecule has 0 aliphatic heterocycles. The summed E-state index contributed by atoms with van der Waals surface area (Å²) in [6, 6.07) is 6.12. The maximum absolute atomic E-state index is 12.0. The lowest BCUT2D eigenvalue weighted by atomic mass is 10.0. The molecule has 0 aliphatic carbocycles. The van der Waals surface area contributed by atoms with Gasteiger partial charge in [-0.3, -0.25) is 4.79 Å². The summed E-state index contributed by atoms with van der Waals surface area (Å²) in [6.07, 6.45) is -0.539. The Bertz CT molecular complexity index is 501. The number of rotatable bonds is 7. The summed E-state index contributed by atoms with van der Waals surface area (Å²) in [4.78, 5) is 23.8. The molecule has 2 atom stereocenters. The Balaban J connectivity index is 2.74. The predicted molar refractivity (Wildman–Crippen MR) is 84.6 cm³/mol. The van der Waals surface area contributed by atoms with Crippen LogP contribution in [0.5, 0.6) is 0 Å². The van der Waals surface area contributed by atoms with Crippen LogP contribution in [0.1, 0.15) is 25.8 Å². The van der Waals surface area contributed by atoms with Crippen LogP contribution in [-0.2, 0) is 20.7 Å². The molecule has 0 saturated carbocycles. The SMILES string of the molecule is COC(=O)[C@@H](Cc1ccc(Cl)cc1)NC(=O)[C@@H](O)CC(C)C. The van der Waals surface area contributed by atoms with Crippen molar-refractivity contribution in [1.82, 2.24) is 5.32 Å². The van der Waals surface area contributed by atoms with E-state index in [2.05, 4.69) is 5.32 Å². The van der Waals surface area contributed by atoms with Crippen LogP contribution >= 0.6 is 11.6 Å². The van der Waals surface area contributed by atoms with Crippen LogP contribution < -0.4 is 5.32 Å². The number of amides is 1. The summed E-state index contributed by atoms with van der Waals surface area (Å²) in [5.74, 6) is -0.952. The Labute approximate surface area is 135 Å². The van der Waals surface area contributed by atoms with Gasteiger partial charge in [-0.25, -0.2) is 4.79 Å². The van der Waals surface area contributed by atoms with E-state index in [0.717, 1.165) is 5.56 Å². The molecule has 1 rings (SSSR count). The molecule has 5 nitrogen and oxygen atoms in total. The highest BCUT2D eigenvalue weighted by atomic mass is 35.5. The maximum Gasteiger partial charge on any atom is 0.328 e. The third-order valence-electron chi connectivity index (χ3n) is 3.15. The molecule has 0 aromatic heterocycles. The van der Waals surface area contributed by atoms with Gasteiger partial charge in [0.1, 0.15) is 12.1 Å². The number of aliphatic hydroxyl groups excluding tert-OH is 1. The first-order valence-electron chi connectivity index (χ1n) is 7.14. The van der Waals surface area contributed by atoms with Gasteiger partial charge in [0.05, 0.1) is 7.11 Å². The fraction of sp³-hybridized carbons (Fsp3) is 0.500. The number of ether oxygens (including phenoxy) is 1. The van der Waals surface area contributed by atoms with Gasteiger partial charge in [-0.15, -0.1) is 0 Å². The zero-order chi connectivity index (χ0) is 16.7. The van der Waals surface area contributed by atoms with Gasteiger partial charge in [0.2, 0.25) is 5.91 Å². The van der Waals surface area contributed by atoms with Crippen LogP contribution in [0.15, 0.2) is 24.3 Å². The molecule has 1 aromatic carbocycles. The fourth-order valence-corrected chi connectivity index (χ4v) is 2.14. The second kappa shape index (κ2) is 8.76. The predicted octanol–water partition coefficient (Wildman–Crippen LogP) is 1.95. The van der Waals surface area contributed by atoms with E-state index < -0.39 is 24.0 Å². The monoisotopic (exact) mass is 327 g/mol. The number of methoxy groups -OCH3 is 1. The Morgan fingerprint density at radius 3 is 2.36 bits per heavy atom. The highest BCUT2D eigenvalue weighted by Gasteiger charge is 2.25. The quantitative estimate of drug-likeness (QED) is 0.751. The van der Waals surface area contributed by atoms with E-state index in [1.54, 1.807) is 24.3 Å². The van der Waals surface area contributed by atoms with Gasteiger partial charge in [-0.2, -0.15) is 0 Å². The number of carbonyl (C=O) groups is 2. The van der Waals surface area contributed by atoms with E-state index in [-0.39, 0.29) is 12.3 Å². The smallest absolute Gasteiger partial charge is 0.328 e. The highest BCUT2D eigenvalue weighted by Crippen LogP contribution is 2.12. The van der Waals surface area contributed by atoms with Crippen LogP contribution in [0.4, 0.5) is 0 Å². The van der Waals surface area contributed by atoms with Crippen molar-refractivity contribution in [3.8, 4) is 0 Å². The highest BCUT2D eigenvalue weighted by molar-refractivity contribution is 6.30. The maximum atomic E-state index is 12.0. The average Bonchev–Trinajstić information content (AvgIpc) is 2.47. The summed E-state index contributed by atoms with van der Waals surface area (Å²) < 4.78 is 4.71. The van der Waals surface area contributed by atoms with Crippen LogP contribution in [0.2, 0.25) is 5.02 Å². The number of hydrogen-bond acceptors (Lipinski definition) is 4. The van der Waals surface area contributed by atoms with E-state index in [1.165, 1.54) is 7.11 Å². The fourth-order valence-electron chi connectivity index (χ4n) is 2.01. The molecule has 0 radical (unpaired) electrons. The minimum atomic E-state index is -1.14. The van der Waals surface area contributed by atoms with Crippen molar-refractivity contribution in [3.63, 3.8) is 0 Å². The van der Waals surface area contributed by atoms with Crippen LogP contribution in [0.25, 0.3) is 0 Å². The number of hydrogen-bond donors (Lipinski definition) is 2. The molecule has 122 valence electrons. The lowest BCUT2D eigenvalue weighted by Crippen LogP contribution is -2.47. The zero-order valence-corrected chi connectivity index (χ0v) is 13.8. The molecule has 22 heavy (non-hydrogen) atoms. The molecule has 0 bridgehead atoms. The minimum Gasteiger partial charge on any atom is -0.467 e. The van der Waals surface area contributed by atoms with E-state index in [4.69, 9.17) is 16.3 Å². The van der Waals surface area contributed by atoms with Gasteiger partial charge in [-0.1, -0.05) is 37.6 Å². The lowest BCUT2D eigenvalue weighted by molar-refractivity contribution is -0.146. The molecule has 1 aromatic rings. The summed E-state index contributed by atoms with van der Waals surface area (Å²) >= 11 is 5.82. The van der Waals surface area contributed by atoms with Gasteiger partial charge >= 0.3 is 5.97 Å². The second-order valence-corrected chi connectivity index (χ2v) is 6.00. The van der Waals surface area contributed by atoms with Gasteiger partial charge in [0.25, 0.3) is 0 Å². The second-order valence-electron chi connectivity index (χ2n) is 5.56. The molecular formula is C16H22ClNO4. The molecule has 1 amide bonds. The van der Waals surface area contributed by atoms with Crippen molar-refractivity contribution in [2.75, 3.05) is 7.11 Å². The molecule has 0 aliphatic rings. The summed E-state index contributed by atoms with van der Waals surface area (Å²) in [6.45, 7) is 3.81. The van der Waals surface area contributed by atoms with E-state index in [0.29, 0.717) is 11.4 Å². The minimum absolute atomic E-state index is 0.175. The number of halogens is 1. The van der Waals surface area contributed by atoms with Crippen molar-refractivity contribution >= 4 is 23.5 Å². The van der Waals surface area contributed by atoms with Crippen molar-refractivity contribution in [2.45, 2.75) is 38.8 Å². The summed E-state index contributed by atoms with van der Waals surface area (Å²) in [5.41, 5.74) is 0.832. The number of nitrogens with one attached hydrogen (secondary N) is 1. The van der Waals surface area contributed by atoms with Crippen molar-refractivity contribution in [1.29, 1.82) is 0 Å². The standard InChI is InChI=1S/C16H22ClNO4/c1-10(2)8-14(19)15(20)18-13(16(21)22-3)9-11-4-6-12(17)7-5-11/h4-7,10,13-14,19H,8-9H2,1-3H3,(H,18,20)/t13-,14+/m1/s1. The third-order valence-corrected chi connectivity index (χ3v) is 3.40. The first-order valence-corrected chi connectivity index (χ1v) is 7.52. The van der Waals surface area contributed by atoms with Gasteiger partial charge in [0, 0.05) is 11.4 Å². The normalized spacial score (nSPS) is 13.5. The van der Waals surface area contributed by atoms with Crippen molar-refractivity contribution in [3.05, 3.63) is 34.9 Å². The number of esters is 1. The Morgan fingerprint density at radius 2 is 1.86 bits per heavy atom. The van der Waals surface area contributed by atoms with Crippen molar-refractivity contribution < 1.29 is 19.4 Å². The molecule has 0 fully saturated rings. The zero-order valence-electron chi connectivity index (χ0n) is 13.0. The average molecular weight is 328 g/mol. The molecule has 0 unspecified atom stereocenters. The lowest BCUT2D eigenvalue weighted by Gasteiger charge is -2.19. The summed E-state index contributed by atoms with van der Waals surface area (Å²) in [5, 5.41) is 12.9. The summed E-state index contributed by atoms with van der Waals surface area (Å²) in [7, 11) is 1.26. The van der Waals surface area contributed by atoms with Crippen molar-refractivity contribution in [2.24, 2.45) is 5.92 Å². The Morgan fingerprint density at radius 1 is 1.27 bits per heavy atom. The van der Waals surface area contributed by atoms with E-state index in [1.807, 2.05) is 13.8 Å². The number of carbonyl (C=O) groups excluding carboxylic acids is 2.